The normalized spacial score (nSPS) is 22.8. The van der Waals surface area contributed by atoms with E-state index >= 15 is 0 Å². The van der Waals surface area contributed by atoms with Crippen molar-refractivity contribution in [2.24, 2.45) is 5.92 Å². The molecular formula is C19H25N5OS. The number of amides is 1. The van der Waals surface area contributed by atoms with Crippen LogP contribution in [0.4, 0.5) is 5.82 Å². The average molecular weight is 372 g/mol. The van der Waals surface area contributed by atoms with E-state index in [0.717, 1.165) is 55.4 Å². The number of carbonyl (C=O) groups is 1. The highest BCUT2D eigenvalue weighted by atomic mass is 32.1. The Morgan fingerprint density at radius 2 is 2.08 bits per heavy atom. The molecule has 0 spiro atoms. The van der Waals surface area contributed by atoms with Gasteiger partial charge in [-0.3, -0.25) is 4.79 Å². The second kappa shape index (κ2) is 6.95. The van der Waals surface area contributed by atoms with Gasteiger partial charge in [0.25, 0.3) is 0 Å². The molecule has 3 fully saturated rings. The highest BCUT2D eigenvalue weighted by Crippen LogP contribution is 2.33. The van der Waals surface area contributed by atoms with Crippen molar-refractivity contribution in [3.8, 4) is 0 Å². The fourth-order valence-corrected chi connectivity index (χ4v) is 4.85. The molecule has 0 saturated carbocycles. The van der Waals surface area contributed by atoms with Gasteiger partial charge in [-0.25, -0.2) is 15.0 Å². The number of fused-ring (bicyclic) bond motifs is 4. The summed E-state index contributed by atoms with van der Waals surface area (Å²) in [7, 11) is 0. The molecule has 3 aliphatic heterocycles. The highest BCUT2D eigenvalue weighted by Gasteiger charge is 2.41. The van der Waals surface area contributed by atoms with E-state index in [1.165, 1.54) is 5.56 Å². The molecule has 138 valence electrons. The lowest BCUT2D eigenvalue weighted by molar-refractivity contribution is -0.140. The number of nitrogens with zero attached hydrogens (tertiary/aromatic N) is 5. The summed E-state index contributed by atoms with van der Waals surface area (Å²) in [5.74, 6) is 2.15. The molecule has 1 amide bonds. The summed E-state index contributed by atoms with van der Waals surface area (Å²) < 4.78 is 0. The summed E-state index contributed by atoms with van der Waals surface area (Å²) in [6.45, 7) is 8.38. The van der Waals surface area contributed by atoms with Crippen molar-refractivity contribution in [1.82, 2.24) is 19.9 Å². The maximum Gasteiger partial charge on any atom is 0.228 e. The molecule has 3 aliphatic rings. The van der Waals surface area contributed by atoms with Crippen LogP contribution in [0.1, 0.15) is 42.5 Å². The fourth-order valence-electron chi connectivity index (χ4n) is 4.30. The van der Waals surface area contributed by atoms with Crippen LogP contribution in [0.15, 0.2) is 10.9 Å². The van der Waals surface area contributed by atoms with Crippen LogP contribution in [-0.4, -0.2) is 44.9 Å². The van der Waals surface area contributed by atoms with Crippen molar-refractivity contribution in [3.05, 3.63) is 33.7 Å². The number of anilines is 1. The molecule has 3 saturated heterocycles. The first-order valence-electron chi connectivity index (χ1n) is 9.33. The minimum Gasteiger partial charge on any atom is -0.353 e. The second-order valence-electron chi connectivity index (χ2n) is 7.29. The molecule has 0 aliphatic carbocycles. The van der Waals surface area contributed by atoms with E-state index in [1.807, 2.05) is 17.8 Å². The van der Waals surface area contributed by atoms with Crippen molar-refractivity contribution in [2.45, 2.75) is 52.6 Å². The van der Waals surface area contributed by atoms with Crippen LogP contribution in [-0.2, 0) is 17.8 Å². The maximum absolute atomic E-state index is 13.0. The Hall–Kier alpha value is -2.02. The molecule has 2 aromatic heterocycles. The minimum atomic E-state index is 0.0488. The molecule has 0 aromatic carbocycles. The van der Waals surface area contributed by atoms with Crippen LogP contribution in [0.5, 0.6) is 0 Å². The third kappa shape index (κ3) is 3.09. The standard InChI is InChI=1S/C19H25N5OS/c1-4-17-12(2)21-13(3)22-18(17)23-7-14-5-6-16(9-23)24(19(14)25)8-15-10-26-11-20-15/h10-11,14,16H,4-9H2,1-3H3/t14-,16+/m1/s1. The van der Waals surface area contributed by atoms with Crippen LogP contribution in [0.25, 0.3) is 0 Å². The zero-order valence-corrected chi connectivity index (χ0v) is 16.4. The van der Waals surface area contributed by atoms with E-state index in [-0.39, 0.29) is 17.9 Å². The maximum atomic E-state index is 13.0. The first-order valence-corrected chi connectivity index (χ1v) is 10.3. The lowest BCUT2D eigenvalue weighted by Gasteiger charge is -2.35. The highest BCUT2D eigenvalue weighted by molar-refractivity contribution is 7.07. The smallest absolute Gasteiger partial charge is 0.228 e. The molecule has 2 bridgehead atoms. The lowest BCUT2D eigenvalue weighted by atomic mass is 9.94. The summed E-state index contributed by atoms with van der Waals surface area (Å²) >= 11 is 1.58. The number of hydrogen-bond acceptors (Lipinski definition) is 6. The first-order chi connectivity index (χ1) is 12.6. The number of rotatable bonds is 4. The van der Waals surface area contributed by atoms with Crippen molar-refractivity contribution >= 4 is 23.1 Å². The van der Waals surface area contributed by atoms with Crippen LogP contribution in [0.2, 0.25) is 0 Å². The number of piperidine rings is 1. The molecule has 5 heterocycles. The third-order valence-corrected chi connectivity index (χ3v) is 6.20. The Kier molecular flexibility index (Phi) is 4.65. The van der Waals surface area contributed by atoms with Crippen LogP contribution >= 0.6 is 11.3 Å². The Morgan fingerprint density at radius 1 is 1.23 bits per heavy atom. The van der Waals surface area contributed by atoms with Crippen LogP contribution in [0.3, 0.4) is 0 Å². The van der Waals surface area contributed by atoms with E-state index in [4.69, 9.17) is 4.98 Å². The van der Waals surface area contributed by atoms with E-state index in [2.05, 4.69) is 33.6 Å². The number of carbonyl (C=O) groups excluding carboxylic acids is 1. The number of thiazole rings is 1. The molecular weight excluding hydrogens is 346 g/mol. The van der Waals surface area contributed by atoms with E-state index in [9.17, 15) is 4.79 Å². The largest absolute Gasteiger partial charge is 0.353 e. The van der Waals surface area contributed by atoms with E-state index < -0.39 is 0 Å². The van der Waals surface area contributed by atoms with Gasteiger partial charge in [0, 0.05) is 35.8 Å². The second-order valence-corrected chi connectivity index (χ2v) is 8.01. The van der Waals surface area contributed by atoms with Gasteiger partial charge in [-0.15, -0.1) is 11.3 Å². The lowest BCUT2D eigenvalue weighted by Crippen LogP contribution is -2.47. The van der Waals surface area contributed by atoms with Crippen molar-refractivity contribution in [1.29, 1.82) is 0 Å². The Morgan fingerprint density at radius 3 is 2.81 bits per heavy atom. The monoisotopic (exact) mass is 371 g/mol. The van der Waals surface area contributed by atoms with Gasteiger partial charge in [0.1, 0.15) is 11.6 Å². The van der Waals surface area contributed by atoms with Gasteiger partial charge in [0.05, 0.1) is 23.7 Å². The Labute approximate surface area is 158 Å². The Bertz CT molecular complexity index is 807. The summed E-state index contributed by atoms with van der Waals surface area (Å²) in [6.07, 6.45) is 2.93. The molecule has 0 unspecified atom stereocenters. The molecule has 26 heavy (non-hydrogen) atoms. The third-order valence-electron chi connectivity index (χ3n) is 5.57. The van der Waals surface area contributed by atoms with Gasteiger partial charge in [0.2, 0.25) is 5.91 Å². The van der Waals surface area contributed by atoms with Crippen molar-refractivity contribution < 1.29 is 4.79 Å². The quantitative estimate of drug-likeness (QED) is 0.827. The zero-order chi connectivity index (χ0) is 18.3. The van der Waals surface area contributed by atoms with Gasteiger partial charge in [-0.1, -0.05) is 6.92 Å². The summed E-state index contributed by atoms with van der Waals surface area (Å²) in [6, 6.07) is 0.225. The van der Waals surface area contributed by atoms with E-state index in [1.54, 1.807) is 11.3 Å². The predicted octanol–water partition coefficient (Wildman–Crippen LogP) is 2.74. The summed E-state index contributed by atoms with van der Waals surface area (Å²) in [5, 5.41) is 2.04. The first kappa shape index (κ1) is 17.4. The molecule has 0 N–H and O–H groups in total. The molecule has 7 heteroatoms. The van der Waals surface area contributed by atoms with Gasteiger partial charge in [-0.2, -0.15) is 0 Å². The van der Waals surface area contributed by atoms with E-state index in [0.29, 0.717) is 6.54 Å². The number of aromatic nitrogens is 3. The summed E-state index contributed by atoms with van der Waals surface area (Å²) in [5.41, 5.74) is 5.08. The SMILES string of the molecule is CCc1c(C)nc(C)nc1N1C[C@H]2CC[C@@H](C1)N(Cc1cscn1)C2=O. The molecule has 2 aromatic rings. The summed E-state index contributed by atoms with van der Waals surface area (Å²) in [4.78, 5) is 31.1. The number of aryl methyl sites for hydroxylation is 2. The van der Waals surface area contributed by atoms with Crippen LogP contribution in [0, 0.1) is 19.8 Å². The topological polar surface area (TPSA) is 62.2 Å². The average Bonchev–Trinajstić information content (AvgIpc) is 2.97. The minimum absolute atomic E-state index is 0.0488. The zero-order valence-electron chi connectivity index (χ0n) is 15.6. The molecule has 6 nitrogen and oxygen atoms in total. The van der Waals surface area contributed by atoms with Crippen molar-refractivity contribution in [2.75, 3.05) is 18.0 Å². The van der Waals surface area contributed by atoms with Crippen LogP contribution < -0.4 is 4.90 Å². The van der Waals surface area contributed by atoms with Gasteiger partial charge < -0.3 is 9.80 Å². The van der Waals surface area contributed by atoms with Gasteiger partial charge in [-0.05, 0) is 33.1 Å². The van der Waals surface area contributed by atoms with Crippen molar-refractivity contribution in [3.63, 3.8) is 0 Å². The Balaban J connectivity index is 1.65. The molecule has 5 rings (SSSR count). The van der Waals surface area contributed by atoms with Gasteiger partial charge >= 0.3 is 0 Å². The fraction of sp³-hybridized carbons (Fsp3) is 0.579. The molecule has 0 radical (unpaired) electrons. The number of hydrogen-bond donors (Lipinski definition) is 0. The van der Waals surface area contributed by atoms with Gasteiger partial charge in [0.15, 0.2) is 0 Å². The molecule has 2 atom stereocenters. The predicted molar refractivity (Wildman–Crippen MR) is 102 cm³/mol.